The van der Waals surface area contributed by atoms with Gasteiger partial charge in [-0.05, 0) is 35.8 Å². The molecule has 5 heteroatoms. The lowest BCUT2D eigenvalue weighted by atomic mass is 10.2. The average Bonchev–Trinajstić information content (AvgIpc) is 2.51. The van der Waals surface area contributed by atoms with Gasteiger partial charge in [0.2, 0.25) is 0 Å². The molecule has 2 N–H and O–H groups in total. The highest BCUT2D eigenvalue weighted by Gasteiger charge is 2.15. The van der Waals surface area contributed by atoms with Gasteiger partial charge in [0.05, 0.1) is 0 Å². The van der Waals surface area contributed by atoms with E-state index in [-0.39, 0.29) is 6.04 Å². The van der Waals surface area contributed by atoms with Crippen molar-refractivity contribution in [1.29, 1.82) is 0 Å². The van der Waals surface area contributed by atoms with Crippen molar-refractivity contribution < 1.29 is 9.90 Å². The second kappa shape index (κ2) is 4.91. The molecule has 0 aliphatic rings. The van der Waals surface area contributed by atoms with E-state index < -0.39 is 12.0 Å². The van der Waals surface area contributed by atoms with Crippen LogP contribution in [0.4, 0.5) is 0 Å². The maximum Gasteiger partial charge on any atom is 0.320 e. The number of aliphatic carboxylic acids is 1. The predicted molar refractivity (Wildman–Crippen MR) is 60.7 cm³/mol. The summed E-state index contributed by atoms with van der Waals surface area (Å²) in [5.74, 6) is -0.826. The molecular formula is C9H12BrNO2S. The standard InChI is InChI=1S/C9H12BrNO2S/c1-5(11-6(2)9(12)13)8-3-7(10)4-14-8/h3-6,11H,1-2H3,(H,12,13). The molecule has 0 radical (unpaired) electrons. The summed E-state index contributed by atoms with van der Waals surface area (Å²) < 4.78 is 1.04. The third-order valence-electron chi connectivity index (χ3n) is 1.88. The molecule has 0 saturated heterocycles. The maximum absolute atomic E-state index is 10.6. The van der Waals surface area contributed by atoms with Crippen LogP contribution in [-0.2, 0) is 4.79 Å². The minimum Gasteiger partial charge on any atom is -0.480 e. The van der Waals surface area contributed by atoms with E-state index in [4.69, 9.17) is 5.11 Å². The zero-order valence-corrected chi connectivity index (χ0v) is 10.4. The first-order valence-electron chi connectivity index (χ1n) is 4.23. The van der Waals surface area contributed by atoms with E-state index in [1.54, 1.807) is 18.3 Å². The van der Waals surface area contributed by atoms with E-state index in [0.717, 1.165) is 9.35 Å². The lowest BCUT2D eigenvalue weighted by Gasteiger charge is -2.15. The van der Waals surface area contributed by atoms with Gasteiger partial charge in [-0.2, -0.15) is 0 Å². The van der Waals surface area contributed by atoms with Gasteiger partial charge in [-0.15, -0.1) is 11.3 Å². The molecule has 1 heterocycles. The summed E-state index contributed by atoms with van der Waals surface area (Å²) in [6.45, 7) is 3.60. The second-order valence-electron chi connectivity index (χ2n) is 3.12. The van der Waals surface area contributed by atoms with Crippen molar-refractivity contribution in [3.05, 3.63) is 20.8 Å². The molecule has 78 valence electrons. The van der Waals surface area contributed by atoms with Gasteiger partial charge in [-0.1, -0.05) is 0 Å². The molecule has 0 bridgehead atoms. The molecule has 3 nitrogen and oxygen atoms in total. The Bertz CT molecular complexity index is 326. The number of carboxylic acids is 1. The quantitative estimate of drug-likeness (QED) is 0.890. The molecule has 1 rings (SSSR count). The fraction of sp³-hybridized carbons (Fsp3) is 0.444. The summed E-state index contributed by atoms with van der Waals surface area (Å²) in [6, 6.07) is 1.54. The van der Waals surface area contributed by atoms with E-state index in [1.165, 1.54) is 0 Å². The fourth-order valence-corrected chi connectivity index (χ4v) is 2.55. The molecule has 0 aliphatic heterocycles. The largest absolute Gasteiger partial charge is 0.480 e. The molecule has 2 unspecified atom stereocenters. The van der Waals surface area contributed by atoms with Crippen LogP contribution >= 0.6 is 27.3 Å². The van der Waals surface area contributed by atoms with Gasteiger partial charge in [0.25, 0.3) is 0 Å². The van der Waals surface area contributed by atoms with Gasteiger partial charge < -0.3 is 5.11 Å². The number of thiophene rings is 1. The van der Waals surface area contributed by atoms with Crippen LogP contribution in [0.15, 0.2) is 15.9 Å². The summed E-state index contributed by atoms with van der Waals surface area (Å²) in [6.07, 6.45) is 0. The number of halogens is 1. The summed E-state index contributed by atoms with van der Waals surface area (Å²) in [4.78, 5) is 11.7. The predicted octanol–water partition coefficient (Wildman–Crippen LogP) is 2.63. The molecule has 0 spiro atoms. The molecule has 0 aliphatic carbocycles. The van der Waals surface area contributed by atoms with Crippen LogP contribution < -0.4 is 5.32 Å². The SMILES string of the molecule is CC(NC(C)c1cc(Br)cs1)C(=O)O. The Morgan fingerprint density at radius 1 is 1.64 bits per heavy atom. The highest BCUT2D eigenvalue weighted by molar-refractivity contribution is 9.10. The molecule has 1 aromatic rings. The van der Waals surface area contributed by atoms with Crippen molar-refractivity contribution >= 4 is 33.2 Å². The van der Waals surface area contributed by atoms with Crippen molar-refractivity contribution in [3.63, 3.8) is 0 Å². The minimum atomic E-state index is -0.826. The maximum atomic E-state index is 10.6. The van der Waals surface area contributed by atoms with Crippen molar-refractivity contribution in [3.8, 4) is 0 Å². The van der Waals surface area contributed by atoms with Crippen LogP contribution in [0.1, 0.15) is 24.8 Å². The van der Waals surface area contributed by atoms with Gasteiger partial charge >= 0.3 is 5.97 Å². The van der Waals surface area contributed by atoms with Crippen molar-refractivity contribution in [2.75, 3.05) is 0 Å². The van der Waals surface area contributed by atoms with Crippen molar-refractivity contribution in [2.24, 2.45) is 0 Å². The molecule has 1 aromatic heterocycles. The fourth-order valence-electron chi connectivity index (χ4n) is 1.08. The van der Waals surface area contributed by atoms with Gasteiger partial charge in [0.15, 0.2) is 0 Å². The Labute approximate surface area is 95.3 Å². The number of carboxylic acid groups (broad SMARTS) is 1. The van der Waals surface area contributed by atoms with E-state index >= 15 is 0 Å². The van der Waals surface area contributed by atoms with Crippen LogP contribution in [0.25, 0.3) is 0 Å². The topological polar surface area (TPSA) is 49.3 Å². The highest BCUT2D eigenvalue weighted by atomic mass is 79.9. The Morgan fingerprint density at radius 3 is 2.71 bits per heavy atom. The first-order chi connectivity index (χ1) is 6.50. The Balaban J connectivity index is 2.58. The number of hydrogen-bond acceptors (Lipinski definition) is 3. The Morgan fingerprint density at radius 2 is 2.29 bits per heavy atom. The third kappa shape index (κ3) is 3.08. The van der Waals surface area contributed by atoms with E-state index in [0.29, 0.717) is 0 Å². The van der Waals surface area contributed by atoms with Crippen LogP contribution in [0.5, 0.6) is 0 Å². The number of hydrogen-bond donors (Lipinski definition) is 2. The first kappa shape index (κ1) is 11.7. The highest BCUT2D eigenvalue weighted by Crippen LogP contribution is 2.25. The smallest absolute Gasteiger partial charge is 0.320 e. The van der Waals surface area contributed by atoms with Crippen LogP contribution in [0, 0.1) is 0 Å². The van der Waals surface area contributed by atoms with Crippen LogP contribution in [-0.4, -0.2) is 17.1 Å². The molecule has 14 heavy (non-hydrogen) atoms. The number of carbonyl (C=O) groups is 1. The van der Waals surface area contributed by atoms with Crippen LogP contribution in [0.2, 0.25) is 0 Å². The number of rotatable bonds is 4. The third-order valence-corrected chi connectivity index (χ3v) is 3.76. The van der Waals surface area contributed by atoms with Crippen molar-refractivity contribution in [1.82, 2.24) is 5.32 Å². The van der Waals surface area contributed by atoms with E-state index in [9.17, 15) is 4.79 Å². The zero-order valence-electron chi connectivity index (χ0n) is 7.95. The molecule has 0 amide bonds. The Kier molecular flexibility index (Phi) is 4.10. The summed E-state index contributed by atoms with van der Waals surface area (Å²) in [5.41, 5.74) is 0. The van der Waals surface area contributed by atoms with Gasteiger partial charge in [0.1, 0.15) is 6.04 Å². The summed E-state index contributed by atoms with van der Waals surface area (Å²) in [7, 11) is 0. The normalized spacial score (nSPS) is 15.1. The monoisotopic (exact) mass is 277 g/mol. The van der Waals surface area contributed by atoms with E-state index in [2.05, 4.69) is 21.2 Å². The lowest BCUT2D eigenvalue weighted by molar-refractivity contribution is -0.139. The molecule has 0 aromatic carbocycles. The van der Waals surface area contributed by atoms with E-state index in [1.807, 2.05) is 18.4 Å². The van der Waals surface area contributed by atoms with Gasteiger partial charge in [-0.3, -0.25) is 10.1 Å². The van der Waals surface area contributed by atoms with Crippen LogP contribution in [0.3, 0.4) is 0 Å². The second-order valence-corrected chi connectivity index (χ2v) is 4.97. The average molecular weight is 278 g/mol. The lowest BCUT2D eigenvalue weighted by Crippen LogP contribution is -2.35. The summed E-state index contributed by atoms with van der Waals surface area (Å²) in [5, 5.41) is 13.7. The minimum absolute atomic E-state index is 0.0670. The first-order valence-corrected chi connectivity index (χ1v) is 5.90. The Hall–Kier alpha value is -0.390. The zero-order chi connectivity index (χ0) is 10.7. The van der Waals surface area contributed by atoms with Gasteiger partial charge in [0, 0.05) is 20.8 Å². The number of nitrogens with one attached hydrogen (secondary N) is 1. The molecule has 0 saturated carbocycles. The molecule has 0 fully saturated rings. The van der Waals surface area contributed by atoms with Crippen molar-refractivity contribution in [2.45, 2.75) is 25.9 Å². The molecular weight excluding hydrogens is 266 g/mol. The molecule has 2 atom stereocenters. The van der Waals surface area contributed by atoms with Gasteiger partial charge in [-0.25, -0.2) is 0 Å². The summed E-state index contributed by atoms with van der Waals surface area (Å²) >= 11 is 4.97.